The highest BCUT2D eigenvalue weighted by Crippen LogP contribution is 2.28. The molecule has 1 aliphatic carbocycles. The Morgan fingerprint density at radius 2 is 2.00 bits per heavy atom. The van der Waals surface area contributed by atoms with E-state index >= 15 is 0 Å². The van der Waals surface area contributed by atoms with Crippen LogP contribution in [0.15, 0.2) is 11.1 Å². The molecule has 0 aromatic carbocycles. The van der Waals surface area contributed by atoms with Crippen molar-refractivity contribution < 1.29 is 4.79 Å². The first-order valence-corrected chi connectivity index (χ1v) is 9.30. The van der Waals surface area contributed by atoms with E-state index in [-0.39, 0.29) is 35.8 Å². The maximum absolute atomic E-state index is 11.6. The molecule has 26 heavy (non-hydrogen) atoms. The van der Waals surface area contributed by atoms with Gasteiger partial charge in [-0.25, -0.2) is 0 Å². The van der Waals surface area contributed by atoms with Crippen molar-refractivity contribution in [2.24, 2.45) is 16.8 Å². The molecule has 2 rings (SSSR count). The highest BCUT2D eigenvalue weighted by molar-refractivity contribution is 14.0. The Balaban J connectivity index is 0.00000338. The van der Waals surface area contributed by atoms with E-state index in [4.69, 9.17) is 0 Å². The Morgan fingerprint density at radius 1 is 1.31 bits per heavy atom. The summed E-state index contributed by atoms with van der Waals surface area (Å²) in [6.07, 6.45) is 2.08. The van der Waals surface area contributed by atoms with Gasteiger partial charge in [0.15, 0.2) is 5.96 Å². The molecule has 1 saturated carbocycles. The molecule has 0 radical (unpaired) electrons. The third kappa shape index (κ3) is 7.92. The molecule has 1 fully saturated rings. The molecule has 3 N–H and O–H groups in total. The standard InChI is InChI=1S/C18H32N6O.HI/c1-5-19-18(21-9-8-20-17(25)16-6-7-16)22-11-13(2)12-24-15(4)10-14(3)23-24;/h10,13,16H,5-9,11-12H2,1-4H3,(H,20,25)(H2,19,21,22);1H. The van der Waals surface area contributed by atoms with Gasteiger partial charge < -0.3 is 16.0 Å². The summed E-state index contributed by atoms with van der Waals surface area (Å²) in [7, 11) is 0. The van der Waals surface area contributed by atoms with Gasteiger partial charge in [0.1, 0.15) is 0 Å². The highest BCUT2D eigenvalue weighted by Gasteiger charge is 2.28. The molecule has 7 nitrogen and oxygen atoms in total. The molecule has 1 unspecified atom stereocenters. The Bertz CT molecular complexity index is 597. The van der Waals surface area contributed by atoms with Crippen molar-refractivity contribution in [3.8, 4) is 0 Å². The lowest BCUT2D eigenvalue weighted by atomic mass is 10.2. The lowest BCUT2D eigenvalue weighted by Gasteiger charge is -2.14. The minimum Gasteiger partial charge on any atom is -0.357 e. The molecule has 0 saturated heterocycles. The fourth-order valence-corrected chi connectivity index (χ4v) is 2.66. The summed E-state index contributed by atoms with van der Waals surface area (Å²) in [4.78, 5) is 16.3. The fourth-order valence-electron chi connectivity index (χ4n) is 2.66. The number of hydrogen-bond acceptors (Lipinski definition) is 3. The summed E-state index contributed by atoms with van der Waals surface area (Å²) < 4.78 is 2.04. The number of aliphatic imine (C=N–C) groups is 1. The Kier molecular flexibility index (Phi) is 9.97. The van der Waals surface area contributed by atoms with E-state index in [1.165, 1.54) is 5.69 Å². The van der Waals surface area contributed by atoms with Crippen molar-refractivity contribution in [1.29, 1.82) is 0 Å². The number of nitrogens with zero attached hydrogens (tertiary/aromatic N) is 3. The lowest BCUT2D eigenvalue weighted by Crippen LogP contribution is -2.42. The van der Waals surface area contributed by atoms with Gasteiger partial charge >= 0.3 is 0 Å². The van der Waals surface area contributed by atoms with Gasteiger partial charge in [-0.1, -0.05) is 6.92 Å². The van der Waals surface area contributed by atoms with Crippen molar-refractivity contribution in [2.75, 3.05) is 26.2 Å². The third-order valence-electron chi connectivity index (χ3n) is 4.16. The van der Waals surface area contributed by atoms with Gasteiger partial charge in [0.2, 0.25) is 5.91 Å². The zero-order valence-corrected chi connectivity index (χ0v) is 18.7. The van der Waals surface area contributed by atoms with Crippen molar-refractivity contribution in [1.82, 2.24) is 25.7 Å². The zero-order chi connectivity index (χ0) is 18.2. The number of hydrogen-bond donors (Lipinski definition) is 3. The second-order valence-corrected chi connectivity index (χ2v) is 6.93. The Hall–Kier alpha value is -1.32. The van der Waals surface area contributed by atoms with E-state index in [1.807, 2.05) is 18.5 Å². The average Bonchev–Trinajstić information content (AvgIpc) is 3.35. The molecular weight excluding hydrogens is 443 g/mol. The number of carbonyl (C=O) groups excluding carboxylic acids is 1. The molecule has 0 aliphatic heterocycles. The topological polar surface area (TPSA) is 83.3 Å². The maximum Gasteiger partial charge on any atom is 0.223 e. The van der Waals surface area contributed by atoms with Gasteiger partial charge in [0.05, 0.1) is 5.69 Å². The van der Waals surface area contributed by atoms with Crippen LogP contribution in [0.25, 0.3) is 0 Å². The minimum absolute atomic E-state index is 0. The predicted octanol–water partition coefficient (Wildman–Crippen LogP) is 1.84. The second kappa shape index (κ2) is 11.4. The molecule has 148 valence electrons. The Morgan fingerprint density at radius 3 is 2.58 bits per heavy atom. The van der Waals surface area contributed by atoms with E-state index in [1.54, 1.807) is 0 Å². The number of nitrogens with one attached hydrogen (secondary N) is 3. The average molecular weight is 476 g/mol. The van der Waals surface area contributed by atoms with Crippen molar-refractivity contribution in [3.63, 3.8) is 0 Å². The fraction of sp³-hybridized carbons (Fsp3) is 0.722. The lowest BCUT2D eigenvalue weighted by molar-refractivity contribution is -0.122. The predicted molar refractivity (Wildman–Crippen MR) is 116 cm³/mol. The maximum atomic E-state index is 11.6. The molecule has 8 heteroatoms. The number of aryl methyl sites for hydroxylation is 2. The van der Waals surface area contributed by atoms with Crippen LogP contribution in [0.2, 0.25) is 0 Å². The second-order valence-electron chi connectivity index (χ2n) is 6.93. The summed E-state index contributed by atoms with van der Waals surface area (Å²) in [5.74, 6) is 1.63. The van der Waals surface area contributed by atoms with Crippen LogP contribution in [0.3, 0.4) is 0 Å². The molecule has 1 aliphatic rings. The summed E-state index contributed by atoms with van der Waals surface area (Å²) in [5.41, 5.74) is 2.24. The van der Waals surface area contributed by atoms with Crippen LogP contribution >= 0.6 is 24.0 Å². The van der Waals surface area contributed by atoms with Crippen LogP contribution in [0.4, 0.5) is 0 Å². The first-order valence-electron chi connectivity index (χ1n) is 9.30. The summed E-state index contributed by atoms with van der Waals surface area (Å²) in [5, 5.41) is 14.0. The monoisotopic (exact) mass is 476 g/mol. The van der Waals surface area contributed by atoms with Crippen molar-refractivity contribution in [3.05, 3.63) is 17.5 Å². The van der Waals surface area contributed by atoms with E-state index in [0.717, 1.165) is 44.1 Å². The van der Waals surface area contributed by atoms with Gasteiger partial charge in [-0.05, 0) is 45.6 Å². The van der Waals surface area contributed by atoms with Crippen LogP contribution in [-0.4, -0.2) is 47.8 Å². The van der Waals surface area contributed by atoms with Gasteiger partial charge in [-0.3, -0.25) is 14.5 Å². The normalized spacial score (nSPS) is 15.2. The van der Waals surface area contributed by atoms with Crippen molar-refractivity contribution in [2.45, 2.75) is 47.1 Å². The van der Waals surface area contributed by atoms with Crippen LogP contribution in [0.1, 0.15) is 38.1 Å². The largest absolute Gasteiger partial charge is 0.357 e. The van der Waals surface area contributed by atoms with Crippen LogP contribution in [-0.2, 0) is 11.3 Å². The number of halogens is 1. The van der Waals surface area contributed by atoms with Gasteiger partial charge in [0.25, 0.3) is 0 Å². The molecule has 1 aromatic heterocycles. The van der Waals surface area contributed by atoms with E-state index in [9.17, 15) is 4.79 Å². The smallest absolute Gasteiger partial charge is 0.223 e. The molecule has 1 atom stereocenters. The number of rotatable bonds is 9. The van der Waals surface area contributed by atoms with E-state index in [0.29, 0.717) is 19.0 Å². The van der Waals surface area contributed by atoms with Crippen LogP contribution in [0.5, 0.6) is 0 Å². The molecular formula is C18H33IN6O. The molecule has 0 bridgehead atoms. The molecule has 1 heterocycles. The number of amides is 1. The van der Waals surface area contributed by atoms with Crippen molar-refractivity contribution >= 4 is 35.8 Å². The molecule has 1 aromatic rings. The number of aromatic nitrogens is 2. The summed E-state index contributed by atoms with van der Waals surface area (Å²) >= 11 is 0. The molecule has 1 amide bonds. The highest BCUT2D eigenvalue weighted by atomic mass is 127. The summed E-state index contributed by atoms with van der Waals surface area (Å²) in [6.45, 7) is 12.0. The quantitative estimate of drug-likeness (QED) is 0.220. The van der Waals surface area contributed by atoms with E-state index < -0.39 is 0 Å². The van der Waals surface area contributed by atoms with Crippen LogP contribution < -0.4 is 16.0 Å². The first-order chi connectivity index (χ1) is 12.0. The molecule has 0 spiro atoms. The SMILES string of the molecule is CCNC(=NCC(C)Cn1nc(C)cc1C)NCCNC(=O)C1CC1.I. The number of guanidine groups is 1. The first kappa shape index (κ1) is 22.7. The van der Waals surface area contributed by atoms with Gasteiger partial charge in [-0.15, -0.1) is 24.0 Å². The van der Waals surface area contributed by atoms with Crippen LogP contribution in [0, 0.1) is 25.7 Å². The van der Waals surface area contributed by atoms with E-state index in [2.05, 4.69) is 46.0 Å². The van der Waals surface area contributed by atoms with Gasteiger partial charge in [-0.2, -0.15) is 5.10 Å². The minimum atomic E-state index is 0. The third-order valence-corrected chi connectivity index (χ3v) is 4.16. The summed E-state index contributed by atoms with van der Waals surface area (Å²) in [6, 6.07) is 2.09. The van der Waals surface area contributed by atoms with Gasteiger partial charge in [0, 0.05) is 44.3 Å². The number of carbonyl (C=O) groups is 1. The Labute approximate surface area is 173 Å². The zero-order valence-electron chi connectivity index (χ0n) is 16.3.